The molecule has 0 aliphatic heterocycles. The molecule has 2 aromatic rings. The van der Waals surface area contributed by atoms with Crippen LogP contribution in [0.3, 0.4) is 0 Å². The van der Waals surface area contributed by atoms with Gasteiger partial charge in [-0.15, -0.1) is 0 Å². The van der Waals surface area contributed by atoms with E-state index in [0.717, 1.165) is 5.56 Å². The predicted octanol–water partition coefficient (Wildman–Crippen LogP) is 3.90. The van der Waals surface area contributed by atoms with E-state index in [1.54, 1.807) is 36.4 Å². The molecule has 0 heterocycles. The topological polar surface area (TPSA) is 67.8 Å². The van der Waals surface area contributed by atoms with Gasteiger partial charge in [-0.3, -0.25) is 9.59 Å². The summed E-state index contributed by atoms with van der Waals surface area (Å²) in [5, 5.41) is 3.92. The summed E-state index contributed by atoms with van der Waals surface area (Å²) in [4.78, 5) is 22.9. The number of halogens is 2. The van der Waals surface area contributed by atoms with Crippen LogP contribution < -0.4 is 10.2 Å². The molecule has 0 saturated carbocycles. The van der Waals surface area contributed by atoms with Gasteiger partial charge in [-0.25, -0.2) is 5.43 Å². The Morgan fingerprint density at radius 2 is 1.87 bits per heavy atom. The molecule has 2 rings (SSSR count). The molecular weight excluding hydrogens is 428 g/mol. The fourth-order valence-electron chi connectivity index (χ4n) is 1.71. The normalized spacial score (nSPS) is 10.6. The molecule has 0 bridgehead atoms. The maximum absolute atomic E-state index is 12.0. The SMILES string of the molecule is CC(=O)Oc1ccc(/C=N\NC(=O)c2ccccc2Br)cc1Br. The minimum absolute atomic E-state index is 0.315. The van der Waals surface area contributed by atoms with Gasteiger partial charge in [0.05, 0.1) is 16.3 Å². The highest BCUT2D eigenvalue weighted by Gasteiger charge is 2.08. The minimum atomic E-state index is -0.396. The van der Waals surface area contributed by atoms with E-state index in [1.165, 1.54) is 13.1 Å². The smallest absolute Gasteiger partial charge is 0.308 e. The summed E-state index contributed by atoms with van der Waals surface area (Å²) in [6.45, 7) is 1.33. The number of carbonyl (C=O) groups excluding carboxylic acids is 2. The van der Waals surface area contributed by atoms with Crippen molar-refractivity contribution in [1.29, 1.82) is 0 Å². The number of nitrogens with zero attached hydrogens (tertiary/aromatic N) is 1. The van der Waals surface area contributed by atoms with Crippen molar-refractivity contribution in [1.82, 2.24) is 5.43 Å². The molecule has 2 aromatic carbocycles. The quantitative estimate of drug-likeness (QED) is 0.340. The van der Waals surface area contributed by atoms with Crippen molar-refractivity contribution in [2.75, 3.05) is 0 Å². The summed E-state index contributed by atoms with van der Waals surface area (Å²) in [7, 11) is 0. The van der Waals surface area contributed by atoms with Crippen LogP contribution in [0.1, 0.15) is 22.8 Å². The van der Waals surface area contributed by atoms with Crippen LogP contribution in [0.2, 0.25) is 0 Å². The average molecular weight is 440 g/mol. The van der Waals surface area contributed by atoms with Crippen molar-refractivity contribution >= 4 is 50.0 Å². The monoisotopic (exact) mass is 438 g/mol. The molecule has 1 N–H and O–H groups in total. The van der Waals surface area contributed by atoms with Gasteiger partial charge >= 0.3 is 5.97 Å². The standard InChI is InChI=1S/C16H12Br2N2O3/c1-10(21)23-15-7-6-11(8-14(15)18)9-19-20-16(22)12-4-2-3-5-13(12)17/h2-9H,1H3,(H,20,22)/b19-9-. The van der Waals surface area contributed by atoms with Gasteiger partial charge in [-0.1, -0.05) is 12.1 Å². The maximum atomic E-state index is 12.0. The van der Waals surface area contributed by atoms with Crippen LogP contribution in [-0.2, 0) is 4.79 Å². The third-order valence-corrected chi connectivity index (χ3v) is 4.02. The summed E-state index contributed by atoms with van der Waals surface area (Å²) in [6.07, 6.45) is 1.50. The summed E-state index contributed by atoms with van der Waals surface area (Å²) >= 11 is 6.62. The van der Waals surface area contributed by atoms with Crippen LogP contribution in [-0.4, -0.2) is 18.1 Å². The van der Waals surface area contributed by atoms with Crippen molar-refractivity contribution in [3.8, 4) is 5.75 Å². The molecule has 0 fully saturated rings. The molecule has 0 atom stereocenters. The highest BCUT2D eigenvalue weighted by atomic mass is 79.9. The lowest BCUT2D eigenvalue weighted by Crippen LogP contribution is -2.18. The number of benzene rings is 2. The van der Waals surface area contributed by atoms with Gasteiger partial charge < -0.3 is 4.74 Å². The van der Waals surface area contributed by atoms with Gasteiger partial charge in [0, 0.05) is 11.4 Å². The van der Waals surface area contributed by atoms with Gasteiger partial charge in [0.15, 0.2) is 0 Å². The van der Waals surface area contributed by atoms with E-state index >= 15 is 0 Å². The van der Waals surface area contributed by atoms with E-state index in [-0.39, 0.29) is 5.91 Å². The molecule has 0 unspecified atom stereocenters. The first kappa shape index (κ1) is 17.4. The van der Waals surface area contributed by atoms with Crippen molar-refractivity contribution in [3.63, 3.8) is 0 Å². The van der Waals surface area contributed by atoms with Crippen molar-refractivity contribution in [2.45, 2.75) is 6.92 Å². The number of rotatable bonds is 4. The maximum Gasteiger partial charge on any atom is 0.308 e. The molecule has 5 nitrogen and oxygen atoms in total. The molecule has 0 aliphatic carbocycles. The van der Waals surface area contributed by atoms with Crippen molar-refractivity contribution in [2.24, 2.45) is 5.10 Å². The zero-order valence-corrected chi connectivity index (χ0v) is 15.2. The van der Waals surface area contributed by atoms with Crippen LogP contribution in [0, 0.1) is 0 Å². The lowest BCUT2D eigenvalue weighted by molar-refractivity contribution is -0.131. The zero-order chi connectivity index (χ0) is 16.8. The Morgan fingerprint density at radius 1 is 1.13 bits per heavy atom. The van der Waals surface area contributed by atoms with E-state index in [0.29, 0.717) is 20.3 Å². The third kappa shape index (κ3) is 5.01. The van der Waals surface area contributed by atoms with Gasteiger partial charge in [-0.2, -0.15) is 5.10 Å². The van der Waals surface area contributed by atoms with Crippen LogP contribution in [0.25, 0.3) is 0 Å². The lowest BCUT2D eigenvalue weighted by atomic mass is 10.2. The Labute approximate surface area is 150 Å². The molecule has 118 valence electrons. The Bertz CT molecular complexity index is 776. The first-order valence-corrected chi connectivity index (χ1v) is 8.12. The lowest BCUT2D eigenvalue weighted by Gasteiger charge is -2.05. The molecule has 0 spiro atoms. The number of hydrogen-bond donors (Lipinski definition) is 1. The highest BCUT2D eigenvalue weighted by molar-refractivity contribution is 9.10. The van der Waals surface area contributed by atoms with Crippen molar-refractivity contribution in [3.05, 3.63) is 62.5 Å². The van der Waals surface area contributed by atoms with Gasteiger partial charge in [0.2, 0.25) is 0 Å². The average Bonchev–Trinajstić information content (AvgIpc) is 2.50. The summed E-state index contributed by atoms with van der Waals surface area (Å²) < 4.78 is 6.32. The molecule has 1 amide bonds. The first-order valence-electron chi connectivity index (χ1n) is 6.53. The second kappa shape index (κ2) is 8.03. The van der Waals surface area contributed by atoms with Crippen molar-refractivity contribution < 1.29 is 14.3 Å². The summed E-state index contributed by atoms with van der Waals surface area (Å²) in [5.41, 5.74) is 3.69. The van der Waals surface area contributed by atoms with Gasteiger partial charge in [-0.05, 0) is 67.8 Å². The molecule has 0 radical (unpaired) electrons. The van der Waals surface area contributed by atoms with Crippen LogP contribution >= 0.6 is 31.9 Å². The summed E-state index contributed by atoms with van der Waals surface area (Å²) in [5.74, 6) is -0.288. The minimum Gasteiger partial charge on any atom is -0.426 e. The van der Waals surface area contributed by atoms with E-state index in [4.69, 9.17) is 4.74 Å². The highest BCUT2D eigenvalue weighted by Crippen LogP contribution is 2.25. The molecule has 0 aliphatic rings. The van der Waals surface area contributed by atoms with E-state index in [1.807, 2.05) is 6.07 Å². The Balaban J connectivity index is 2.03. The number of esters is 1. The number of hydrogen-bond acceptors (Lipinski definition) is 4. The van der Waals surface area contributed by atoms with Gasteiger partial charge in [0.1, 0.15) is 5.75 Å². The Hall–Kier alpha value is -1.99. The molecule has 0 saturated heterocycles. The first-order chi connectivity index (χ1) is 11.0. The molecule has 23 heavy (non-hydrogen) atoms. The largest absolute Gasteiger partial charge is 0.426 e. The van der Waals surface area contributed by atoms with E-state index in [9.17, 15) is 9.59 Å². The predicted molar refractivity (Wildman–Crippen MR) is 94.7 cm³/mol. The second-order valence-electron chi connectivity index (χ2n) is 4.46. The van der Waals surface area contributed by atoms with Gasteiger partial charge in [0.25, 0.3) is 5.91 Å². The zero-order valence-electron chi connectivity index (χ0n) is 12.0. The third-order valence-electron chi connectivity index (χ3n) is 2.71. The van der Waals surface area contributed by atoms with E-state index in [2.05, 4.69) is 42.4 Å². The van der Waals surface area contributed by atoms with E-state index < -0.39 is 5.97 Å². The van der Waals surface area contributed by atoms with Crippen LogP contribution in [0.15, 0.2) is 56.5 Å². The number of carbonyl (C=O) groups is 2. The summed E-state index contributed by atoms with van der Waals surface area (Å²) in [6, 6.07) is 12.2. The molecule has 7 heteroatoms. The second-order valence-corrected chi connectivity index (χ2v) is 6.17. The number of nitrogens with one attached hydrogen (secondary N) is 1. The fourth-order valence-corrected chi connectivity index (χ4v) is 2.65. The molecular formula is C16H12Br2N2O3. The Kier molecular flexibility index (Phi) is 6.06. The number of ether oxygens (including phenoxy) is 1. The fraction of sp³-hybridized carbons (Fsp3) is 0.0625. The number of hydrazone groups is 1. The Morgan fingerprint density at radius 3 is 2.52 bits per heavy atom. The van der Waals surface area contributed by atoms with Crippen LogP contribution in [0.5, 0.6) is 5.75 Å². The van der Waals surface area contributed by atoms with Crippen LogP contribution in [0.4, 0.5) is 0 Å². The number of amides is 1. The molecule has 0 aromatic heterocycles.